The maximum atomic E-state index is 12.3. The van der Waals surface area contributed by atoms with E-state index < -0.39 is 11.7 Å². The zero-order valence-electron chi connectivity index (χ0n) is 10.7. The fourth-order valence-electron chi connectivity index (χ4n) is 1.11. The highest BCUT2D eigenvalue weighted by Crippen LogP contribution is 2.29. The summed E-state index contributed by atoms with van der Waals surface area (Å²) in [5.74, 6) is 4.35. The lowest BCUT2D eigenvalue weighted by atomic mass is 10.1. The van der Waals surface area contributed by atoms with Crippen LogP contribution in [-0.2, 0) is 15.9 Å². The first-order valence-corrected chi connectivity index (χ1v) is 4.85. The summed E-state index contributed by atoms with van der Waals surface area (Å²) in [5.41, 5.74) is 0.112. The van der Waals surface area contributed by atoms with E-state index in [2.05, 4.69) is 20.7 Å². The largest absolute Gasteiger partial charge is 0.416 e. The van der Waals surface area contributed by atoms with Crippen molar-refractivity contribution in [2.75, 3.05) is 14.2 Å². The summed E-state index contributed by atoms with van der Waals surface area (Å²) in [7, 11) is 2.75. The molecule has 0 aromatic heterocycles. The van der Waals surface area contributed by atoms with Crippen LogP contribution in [0.2, 0.25) is 0 Å². The summed E-state index contributed by atoms with van der Waals surface area (Å²) >= 11 is 0. The molecule has 0 atom stereocenters. The lowest BCUT2D eigenvalue weighted by molar-refractivity contribution is -0.137. The minimum atomic E-state index is -4.33. The van der Waals surface area contributed by atoms with Crippen molar-refractivity contribution in [3.05, 3.63) is 35.4 Å². The molecular weight excluding hydrogens is 285 g/mol. The Hall–Kier alpha value is -1.31. The minimum Gasteiger partial charge on any atom is -0.399 e. The fourth-order valence-corrected chi connectivity index (χ4v) is 1.11. The van der Waals surface area contributed by atoms with E-state index in [1.807, 2.05) is 0 Å². The topological polar surface area (TPSA) is 56.8 Å². The van der Waals surface area contributed by atoms with Gasteiger partial charge < -0.3 is 9.68 Å². The molecule has 8 heteroatoms. The molecule has 0 unspecified atom stereocenters. The van der Waals surface area contributed by atoms with Gasteiger partial charge in [0.15, 0.2) is 0 Å². The summed E-state index contributed by atoms with van der Waals surface area (Å²) in [6.45, 7) is 1.58. The molecule has 0 amide bonds. The van der Waals surface area contributed by atoms with Gasteiger partial charge in [-0.05, 0) is 24.6 Å². The van der Waals surface area contributed by atoms with E-state index in [0.717, 1.165) is 12.1 Å². The molecule has 0 aliphatic carbocycles. The van der Waals surface area contributed by atoms with E-state index in [1.54, 1.807) is 13.0 Å². The average Bonchev–Trinajstić information content (AvgIpc) is 2.29. The van der Waals surface area contributed by atoms with Gasteiger partial charge in [0.1, 0.15) is 7.11 Å². The number of halogens is 4. The molecule has 1 aromatic carbocycles. The van der Waals surface area contributed by atoms with Crippen LogP contribution in [0.3, 0.4) is 0 Å². The molecule has 0 bridgehead atoms. The molecule has 2 N–H and O–H groups in total. The summed E-state index contributed by atoms with van der Waals surface area (Å²) in [4.78, 5) is 8.24. The zero-order valence-corrected chi connectivity index (χ0v) is 11.5. The van der Waals surface area contributed by atoms with E-state index in [0.29, 0.717) is 11.3 Å². The molecule has 0 aliphatic heterocycles. The van der Waals surface area contributed by atoms with Gasteiger partial charge in [0, 0.05) is 0 Å². The number of nitrogens with two attached hydrogens (primary N) is 1. The molecule has 0 heterocycles. The molecule has 110 valence electrons. The lowest BCUT2D eigenvalue weighted by Gasteiger charge is -2.07. The predicted molar refractivity (Wildman–Crippen MR) is 69.1 cm³/mol. The summed E-state index contributed by atoms with van der Waals surface area (Å²) in [6, 6.07) is 4.95. The van der Waals surface area contributed by atoms with Gasteiger partial charge in [-0.3, -0.25) is 0 Å². The van der Waals surface area contributed by atoms with Gasteiger partial charge in [0.05, 0.1) is 18.4 Å². The van der Waals surface area contributed by atoms with Crippen LogP contribution in [0.5, 0.6) is 0 Å². The van der Waals surface area contributed by atoms with E-state index in [4.69, 9.17) is 0 Å². The zero-order chi connectivity index (χ0) is 14.2. The molecule has 0 spiro atoms. The van der Waals surface area contributed by atoms with Crippen LogP contribution in [0.15, 0.2) is 29.4 Å². The second-order valence-electron chi connectivity index (χ2n) is 3.17. The molecule has 4 nitrogen and oxygen atoms in total. The highest BCUT2D eigenvalue weighted by Gasteiger charge is 2.30. The minimum absolute atomic E-state index is 0. The molecule has 0 radical (unpaired) electrons. The number of benzene rings is 1. The second kappa shape index (κ2) is 9.60. The highest BCUT2D eigenvalue weighted by molar-refractivity contribution is 5.98. The molecule has 1 aromatic rings. The van der Waals surface area contributed by atoms with E-state index >= 15 is 0 Å². The Balaban J connectivity index is 0. The third-order valence-electron chi connectivity index (χ3n) is 1.84. The predicted octanol–water partition coefficient (Wildman–Crippen LogP) is 3.00. The number of rotatable bonds is 2. The number of alkyl halides is 3. The number of hydrogen-bond donors (Lipinski definition) is 1. The molecule has 0 saturated heterocycles. The van der Waals surface area contributed by atoms with Crippen molar-refractivity contribution in [3.63, 3.8) is 0 Å². The quantitative estimate of drug-likeness (QED) is 0.675. The maximum absolute atomic E-state index is 12.3. The van der Waals surface area contributed by atoms with Gasteiger partial charge in [0.2, 0.25) is 0 Å². The monoisotopic (exact) mass is 300 g/mol. The van der Waals surface area contributed by atoms with Gasteiger partial charge in [-0.2, -0.15) is 13.2 Å². The van der Waals surface area contributed by atoms with Crippen molar-refractivity contribution >= 4 is 18.1 Å². The first-order chi connectivity index (χ1) is 8.36. The van der Waals surface area contributed by atoms with Crippen LogP contribution in [0.4, 0.5) is 13.2 Å². The standard InChI is InChI=1S/C10H10F3NO.CH5NO.ClH/c1-7(14-15-2)8-4-3-5-9(6-8)10(11,12)13;1-3-2;/h3-6H,1-2H3;2H2,1H3;1H. The Morgan fingerprint density at radius 3 is 2.21 bits per heavy atom. The summed E-state index contributed by atoms with van der Waals surface area (Å²) in [5, 5.41) is 3.57. The van der Waals surface area contributed by atoms with Crippen LogP contribution >= 0.6 is 12.4 Å². The molecule has 0 fully saturated rings. The third kappa shape index (κ3) is 7.66. The smallest absolute Gasteiger partial charge is 0.399 e. The van der Waals surface area contributed by atoms with Crippen molar-refractivity contribution in [1.82, 2.24) is 0 Å². The van der Waals surface area contributed by atoms with Crippen LogP contribution < -0.4 is 5.90 Å². The van der Waals surface area contributed by atoms with Gasteiger partial charge in [-0.15, -0.1) is 12.4 Å². The number of nitrogens with zero attached hydrogens (tertiary/aromatic N) is 1. The Labute approximate surface area is 115 Å². The van der Waals surface area contributed by atoms with Crippen molar-refractivity contribution in [3.8, 4) is 0 Å². The molecule has 0 saturated carbocycles. The first-order valence-electron chi connectivity index (χ1n) is 4.85. The molecule has 1 rings (SSSR count). The van der Waals surface area contributed by atoms with Gasteiger partial charge in [-0.1, -0.05) is 17.3 Å². The van der Waals surface area contributed by atoms with Crippen LogP contribution in [0.1, 0.15) is 18.1 Å². The van der Waals surface area contributed by atoms with Crippen LogP contribution in [0.25, 0.3) is 0 Å². The fraction of sp³-hybridized carbons (Fsp3) is 0.364. The van der Waals surface area contributed by atoms with Crippen LogP contribution in [-0.4, -0.2) is 19.9 Å². The second-order valence-corrected chi connectivity index (χ2v) is 3.17. The SMILES string of the molecule is CON.CON=C(C)c1cccc(C(F)(F)F)c1.Cl. The van der Waals surface area contributed by atoms with Gasteiger partial charge in [0.25, 0.3) is 0 Å². The highest BCUT2D eigenvalue weighted by atomic mass is 35.5. The number of oxime groups is 1. The van der Waals surface area contributed by atoms with Crippen molar-refractivity contribution in [2.24, 2.45) is 11.1 Å². The molecule has 0 aliphatic rings. The summed E-state index contributed by atoms with van der Waals surface area (Å²) in [6.07, 6.45) is -4.33. The third-order valence-corrected chi connectivity index (χ3v) is 1.84. The van der Waals surface area contributed by atoms with Crippen molar-refractivity contribution in [2.45, 2.75) is 13.1 Å². The molecular formula is C11H16ClF3N2O2. The van der Waals surface area contributed by atoms with Crippen LogP contribution in [0, 0.1) is 0 Å². The van der Waals surface area contributed by atoms with Crippen molar-refractivity contribution in [1.29, 1.82) is 0 Å². The van der Waals surface area contributed by atoms with Gasteiger partial charge in [-0.25, -0.2) is 5.90 Å². The first kappa shape index (κ1) is 20.0. The van der Waals surface area contributed by atoms with E-state index in [1.165, 1.54) is 20.3 Å². The Morgan fingerprint density at radius 1 is 1.26 bits per heavy atom. The lowest BCUT2D eigenvalue weighted by Crippen LogP contribution is -2.06. The summed E-state index contributed by atoms with van der Waals surface area (Å²) < 4.78 is 37.0. The Kier molecular flexibility index (Phi) is 10.1. The van der Waals surface area contributed by atoms with Gasteiger partial charge >= 0.3 is 6.18 Å². The normalized spacial score (nSPS) is 11.0. The Bertz CT molecular complexity index is 398. The molecule has 19 heavy (non-hydrogen) atoms. The van der Waals surface area contributed by atoms with E-state index in [-0.39, 0.29) is 12.4 Å². The number of hydrogen-bond acceptors (Lipinski definition) is 4. The average molecular weight is 301 g/mol. The Morgan fingerprint density at radius 2 is 1.79 bits per heavy atom. The van der Waals surface area contributed by atoms with Crippen molar-refractivity contribution < 1.29 is 22.8 Å². The van der Waals surface area contributed by atoms with E-state index in [9.17, 15) is 13.2 Å². The maximum Gasteiger partial charge on any atom is 0.416 e.